The van der Waals surface area contributed by atoms with Gasteiger partial charge in [-0.3, -0.25) is 0 Å². The van der Waals surface area contributed by atoms with E-state index in [0.29, 0.717) is 6.07 Å². The summed E-state index contributed by atoms with van der Waals surface area (Å²) >= 11 is 10.7. The Labute approximate surface area is 92.2 Å². The van der Waals surface area contributed by atoms with Gasteiger partial charge in [-0.2, -0.15) is 13.2 Å². The number of halogens is 6. The third kappa shape index (κ3) is 2.74. The van der Waals surface area contributed by atoms with Crippen LogP contribution in [0.25, 0.3) is 0 Å². The van der Waals surface area contributed by atoms with E-state index in [1.165, 1.54) is 0 Å². The van der Waals surface area contributed by atoms with Gasteiger partial charge in [-0.15, -0.1) is 0 Å². The van der Waals surface area contributed by atoms with Gasteiger partial charge in [0.15, 0.2) is 6.10 Å². The molecule has 0 saturated heterocycles. The highest BCUT2D eigenvalue weighted by Crippen LogP contribution is 2.37. The van der Waals surface area contributed by atoms with Crippen molar-refractivity contribution in [2.75, 3.05) is 0 Å². The van der Waals surface area contributed by atoms with Gasteiger partial charge in [0, 0.05) is 10.6 Å². The molecule has 0 bridgehead atoms. The third-order valence-corrected chi connectivity index (χ3v) is 2.26. The smallest absolute Gasteiger partial charge is 0.379 e. The summed E-state index contributed by atoms with van der Waals surface area (Å²) in [6.07, 6.45) is -7.72. The minimum atomic E-state index is -4.90. The normalized spacial score (nSPS) is 14.1. The second kappa shape index (κ2) is 4.15. The van der Waals surface area contributed by atoms with E-state index >= 15 is 0 Å². The molecule has 1 aromatic rings. The molecule has 1 unspecified atom stereocenters. The standard InChI is InChI=1S/C8H4Cl2F4O/c9-4-2-5(10)6(11)1-3(4)7(15)8(12,13)14/h1-2,7,15H. The van der Waals surface area contributed by atoms with E-state index in [1.807, 2.05) is 0 Å². The fourth-order valence-electron chi connectivity index (χ4n) is 0.924. The molecule has 0 fully saturated rings. The Balaban J connectivity index is 3.21. The fourth-order valence-corrected chi connectivity index (χ4v) is 1.41. The molecule has 1 nitrogen and oxygen atoms in total. The monoisotopic (exact) mass is 262 g/mol. The van der Waals surface area contributed by atoms with E-state index < -0.39 is 33.7 Å². The molecule has 0 spiro atoms. The molecule has 0 aliphatic rings. The molecule has 1 aromatic carbocycles. The molecular weight excluding hydrogens is 259 g/mol. The molecule has 1 atom stereocenters. The maximum Gasteiger partial charge on any atom is 0.418 e. The second-order valence-electron chi connectivity index (χ2n) is 2.73. The molecule has 0 amide bonds. The Morgan fingerprint density at radius 3 is 2.13 bits per heavy atom. The Morgan fingerprint density at radius 1 is 1.13 bits per heavy atom. The van der Waals surface area contributed by atoms with Gasteiger partial charge in [-0.25, -0.2) is 4.39 Å². The maximum absolute atomic E-state index is 12.8. The Hall–Kier alpha value is -0.520. The zero-order chi connectivity index (χ0) is 11.8. The zero-order valence-corrected chi connectivity index (χ0v) is 8.46. The number of hydrogen-bond donors (Lipinski definition) is 1. The largest absolute Gasteiger partial charge is 0.418 e. The van der Waals surface area contributed by atoms with E-state index in [4.69, 9.17) is 28.3 Å². The first-order valence-electron chi connectivity index (χ1n) is 3.62. The summed E-state index contributed by atoms with van der Waals surface area (Å²) in [5.74, 6) is -1.07. The third-order valence-electron chi connectivity index (χ3n) is 1.64. The number of alkyl halides is 3. The Bertz CT molecular complexity index is 378. The van der Waals surface area contributed by atoms with Crippen LogP contribution in [0.5, 0.6) is 0 Å². The van der Waals surface area contributed by atoms with Crippen molar-refractivity contribution in [2.45, 2.75) is 12.3 Å². The van der Waals surface area contributed by atoms with Crippen molar-refractivity contribution >= 4 is 23.2 Å². The molecule has 0 aliphatic heterocycles. The molecule has 15 heavy (non-hydrogen) atoms. The lowest BCUT2D eigenvalue weighted by Gasteiger charge is -2.16. The lowest BCUT2D eigenvalue weighted by molar-refractivity contribution is -0.206. The molecule has 0 saturated carbocycles. The van der Waals surface area contributed by atoms with Gasteiger partial charge in [0.1, 0.15) is 5.82 Å². The molecule has 84 valence electrons. The van der Waals surface area contributed by atoms with Gasteiger partial charge in [0.25, 0.3) is 0 Å². The van der Waals surface area contributed by atoms with Crippen molar-refractivity contribution in [3.63, 3.8) is 0 Å². The second-order valence-corrected chi connectivity index (χ2v) is 3.55. The lowest BCUT2D eigenvalue weighted by Crippen LogP contribution is -2.20. The van der Waals surface area contributed by atoms with Gasteiger partial charge in [-0.05, 0) is 12.1 Å². The van der Waals surface area contributed by atoms with Gasteiger partial charge in [0.2, 0.25) is 0 Å². The van der Waals surface area contributed by atoms with Gasteiger partial charge < -0.3 is 5.11 Å². The van der Waals surface area contributed by atoms with E-state index in [1.54, 1.807) is 0 Å². The molecule has 0 radical (unpaired) electrons. The van der Waals surface area contributed by atoms with Crippen LogP contribution in [0.4, 0.5) is 17.6 Å². The topological polar surface area (TPSA) is 20.2 Å². The molecule has 1 rings (SSSR count). The highest BCUT2D eigenvalue weighted by atomic mass is 35.5. The average Bonchev–Trinajstić information content (AvgIpc) is 2.08. The predicted octanol–water partition coefficient (Wildman–Crippen LogP) is 3.73. The number of hydrogen-bond acceptors (Lipinski definition) is 1. The van der Waals surface area contributed by atoms with E-state index in [9.17, 15) is 17.6 Å². The molecule has 1 N–H and O–H groups in total. The van der Waals surface area contributed by atoms with Crippen LogP contribution in [-0.2, 0) is 0 Å². The van der Waals surface area contributed by atoms with Crippen molar-refractivity contribution < 1.29 is 22.7 Å². The lowest BCUT2D eigenvalue weighted by atomic mass is 10.1. The van der Waals surface area contributed by atoms with Gasteiger partial charge >= 0.3 is 6.18 Å². The summed E-state index contributed by atoms with van der Waals surface area (Å²) in [4.78, 5) is 0. The molecule has 0 aliphatic carbocycles. The minimum absolute atomic E-state index is 0.405. The SMILES string of the molecule is OC(c1cc(F)c(Cl)cc1Cl)C(F)(F)F. The predicted molar refractivity (Wildman–Crippen MR) is 47.4 cm³/mol. The van der Waals surface area contributed by atoms with Crippen molar-refractivity contribution in [1.82, 2.24) is 0 Å². The van der Waals surface area contributed by atoms with E-state index in [2.05, 4.69) is 0 Å². The number of benzene rings is 1. The number of aliphatic hydroxyl groups is 1. The number of rotatable bonds is 1. The Morgan fingerprint density at radius 2 is 1.67 bits per heavy atom. The van der Waals surface area contributed by atoms with Crippen LogP contribution in [0.3, 0.4) is 0 Å². The molecular formula is C8H4Cl2F4O. The van der Waals surface area contributed by atoms with Crippen LogP contribution in [0.15, 0.2) is 12.1 Å². The van der Waals surface area contributed by atoms with Crippen molar-refractivity contribution in [3.05, 3.63) is 33.6 Å². The van der Waals surface area contributed by atoms with Crippen LogP contribution < -0.4 is 0 Å². The van der Waals surface area contributed by atoms with Crippen LogP contribution in [0, 0.1) is 5.82 Å². The first-order valence-corrected chi connectivity index (χ1v) is 4.38. The molecule has 0 aromatic heterocycles. The number of aliphatic hydroxyl groups excluding tert-OH is 1. The first-order chi connectivity index (χ1) is 6.73. The highest BCUT2D eigenvalue weighted by molar-refractivity contribution is 6.35. The summed E-state index contributed by atoms with van der Waals surface area (Å²) in [5.41, 5.74) is -0.758. The average molecular weight is 263 g/mol. The van der Waals surface area contributed by atoms with Crippen LogP contribution >= 0.6 is 23.2 Å². The quantitative estimate of drug-likeness (QED) is 0.604. The van der Waals surface area contributed by atoms with Crippen molar-refractivity contribution in [2.24, 2.45) is 0 Å². The summed E-state index contributed by atoms with van der Waals surface area (Å²) in [5, 5.41) is 7.99. The van der Waals surface area contributed by atoms with Crippen LogP contribution in [0.2, 0.25) is 10.0 Å². The van der Waals surface area contributed by atoms with Crippen LogP contribution in [-0.4, -0.2) is 11.3 Å². The minimum Gasteiger partial charge on any atom is -0.379 e. The highest BCUT2D eigenvalue weighted by Gasteiger charge is 2.40. The summed E-state index contributed by atoms with van der Waals surface area (Å²) in [7, 11) is 0. The van der Waals surface area contributed by atoms with Crippen LogP contribution in [0.1, 0.15) is 11.7 Å². The first kappa shape index (κ1) is 12.5. The van der Waals surface area contributed by atoms with Gasteiger partial charge in [0.05, 0.1) is 5.02 Å². The maximum atomic E-state index is 12.8. The van der Waals surface area contributed by atoms with Crippen molar-refractivity contribution in [3.8, 4) is 0 Å². The van der Waals surface area contributed by atoms with Gasteiger partial charge in [-0.1, -0.05) is 23.2 Å². The Kier molecular flexibility index (Phi) is 3.48. The molecule has 0 heterocycles. The van der Waals surface area contributed by atoms with E-state index in [0.717, 1.165) is 6.07 Å². The summed E-state index contributed by atoms with van der Waals surface area (Å²) < 4.78 is 49.1. The molecule has 7 heteroatoms. The summed E-state index contributed by atoms with van der Waals surface area (Å²) in [6, 6.07) is 1.27. The van der Waals surface area contributed by atoms with E-state index in [-0.39, 0.29) is 0 Å². The fraction of sp³-hybridized carbons (Fsp3) is 0.250. The summed E-state index contributed by atoms with van der Waals surface area (Å²) in [6.45, 7) is 0. The zero-order valence-electron chi connectivity index (χ0n) is 6.95. The van der Waals surface area contributed by atoms with Crippen molar-refractivity contribution in [1.29, 1.82) is 0 Å².